The van der Waals surface area contributed by atoms with Gasteiger partial charge in [-0.3, -0.25) is 4.79 Å². The molecule has 25 heavy (non-hydrogen) atoms. The molecule has 0 saturated carbocycles. The Morgan fingerprint density at radius 1 is 1.12 bits per heavy atom. The van der Waals surface area contributed by atoms with Crippen LogP contribution in [0.3, 0.4) is 0 Å². The summed E-state index contributed by atoms with van der Waals surface area (Å²) in [7, 11) is 0. The van der Waals surface area contributed by atoms with Gasteiger partial charge in [-0.2, -0.15) is 0 Å². The van der Waals surface area contributed by atoms with Gasteiger partial charge in [0, 0.05) is 24.4 Å². The molecule has 0 unspecified atom stereocenters. The fraction of sp³-hybridized carbons (Fsp3) is 0.429. The van der Waals surface area contributed by atoms with Crippen molar-refractivity contribution in [2.75, 3.05) is 6.54 Å². The van der Waals surface area contributed by atoms with Crippen molar-refractivity contribution in [3.05, 3.63) is 59.8 Å². The van der Waals surface area contributed by atoms with E-state index >= 15 is 0 Å². The Balaban J connectivity index is 1.89. The lowest BCUT2D eigenvalue weighted by Crippen LogP contribution is -2.29. The maximum atomic E-state index is 12.4. The van der Waals surface area contributed by atoms with Crippen LogP contribution in [-0.2, 0) is 6.61 Å². The molecule has 0 fully saturated rings. The summed E-state index contributed by atoms with van der Waals surface area (Å²) in [5, 5.41) is 3.05. The maximum Gasteiger partial charge on any atom is 0.251 e. The second-order valence-corrected chi connectivity index (χ2v) is 6.31. The van der Waals surface area contributed by atoms with E-state index in [4.69, 9.17) is 4.74 Å². The van der Waals surface area contributed by atoms with Crippen molar-refractivity contribution in [2.24, 2.45) is 5.92 Å². The third kappa shape index (κ3) is 6.57. The fourth-order valence-corrected chi connectivity index (χ4v) is 2.87. The van der Waals surface area contributed by atoms with Crippen LogP contribution < -0.4 is 10.1 Å². The van der Waals surface area contributed by atoms with Gasteiger partial charge in [-0.1, -0.05) is 57.0 Å². The smallest absolute Gasteiger partial charge is 0.251 e. The number of benzene rings is 1. The number of hydrogen-bond acceptors (Lipinski definition) is 3. The lowest BCUT2D eigenvalue weighted by atomic mass is 9.98. The first-order valence-electron chi connectivity index (χ1n) is 9.13. The standard InChI is InChI=1S/C21H28N2O2/c1-3-8-17(9-4-2)15-23-21(24)19-12-13-22-20(14-19)25-16-18-10-6-5-7-11-18/h5-7,10-14,17H,3-4,8-9,15-16H2,1-2H3,(H,23,24). The predicted octanol–water partition coefficient (Wildman–Crippen LogP) is 4.61. The van der Waals surface area contributed by atoms with E-state index in [2.05, 4.69) is 24.1 Å². The summed E-state index contributed by atoms with van der Waals surface area (Å²) in [6.45, 7) is 5.53. The Morgan fingerprint density at radius 2 is 1.84 bits per heavy atom. The molecule has 0 saturated heterocycles. The van der Waals surface area contributed by atoms with E-state index in [1.807, 2.05) is 30.3 Å². The third-order valence-electron chi connectivity index (χ3n) is 4.17. The van der Waals surface area contributed by atoms with Gasteiger partial charge in [-0.25, -0.2) is 4.98 Å². The lowest BCUT2D eigenvalue weighted by Gasteiger charge is -2.16. The molecule has 1 heterocycles. The highest BCUT2D eigenvalue weighted by Crippen LogP contribution is 2.14. The van der Waals surface area contributed by atoms with Crippen molar-refractivity contribution >= 4 is 5.91 Å². The Kier molecular flexibility index (Phi) is 7.96. The first-order valence-corrected chi connectivity index (χ1v) is 9.13. The van der Waals surface area contributed by atoms with E-state index in [0.29, 0.717) is 24.0 Å². The van der Waals surface area contributed by atoms with Crippen LogP contribution in [0.1, 0.15) is 55.5 Å². The lowest BCUT2D eigenvalue weighted by molar-refractivity contribution is 0.0944. The van der Waals surface area contributed by atoms with Gasteiger partial charge in [0.25, 0.3) is 5.91 Å². The molecule has 2 rings (SSSR count). The molecule has 1 aromatic carbocycles. The molecule has 4 nitrogen and oxygen atoms in total. The first kappa shape index (κ1) is 19.0. The molecule has 0 atom stereocenters. The molecule has 1 aromatic heterocycles. The van der Waals surface area contributed by atoms with Gasteiger partial charge in [0.2, 0.25) is 5.88 Å². The first-order chi connectivity index (χ1) is 12.2. The Morgan fingerprint density at radius 3 is 2.52 bits per heavy atom. The summed E-state index contributed by atoms with van der Waals surface area (Å²) in [6.07, 6.45) is 6.21. The molecular formula is C21H28N2O2. The van der Waals surface area contributed by atoms with Crippen molar-refractivity contribution in [1.29, 1.82) is 0 Å². The van der Waals surface area contributed by atoms with Gasteiger partial charge in [0.15, 0.2) is 0 Å². The van der Waals surface area contributed by atoms with Crippen LogP contribution in [0.5, 0.6) is 5.88 Å². The van der Waals surface area contributed by atoms with Crippen LogP contribution in [0.25, 0.3) is 0 Å². The van der Waals surface area contributed by atoms with E-state index < -0.39 is 0 Å². The molecule has 0 bridgehead atoms. The summed E-state index contributed by atoms with van der Waals surface area (Å²) in [4.78, 5) is 16.6. The van der Waals surface area contributed by atoms with Gasteiger partial charge < -0.3 is 10.1 Å². The topological polar surface area (TPSA) is 51.2 Å². The van der Waals surface area contributed by atoms with Crippen molar-refractivity contribution in [3.8, 4) is 5.88 Å². The van der Waals surface area contributed by atoms with Crippen molar-refractivity contribution < 1.29 is 9.53 Å². The number of aromatic nitrogens is 1. The van der Waals surface area contributed by atoms with E-state index in [1.54, 1.807) is 18.3 Å². The number of pyridine rings is 1. The minimum Gasteiger partial charge on any atom is -0.473 e. The quantitative estimate of drug-likeness (QED) is 0.687. The van der Waals surface area contributed by atoms with Gasteiger partial charge in [0.05, 0.1) is 0 Å². The van der Waals surface area contributed by atoms with Gasteiger partial charge >= 0.3 is 0 Å². The molecule has 0 aliphatic heterocycles. The van der Waals surface area contributed by atoms with Crippen LogP contribution in [0.4, 0.5) is 0 Å². The molecule has 134 valence electrons. The van der Waals surface area contributed by atoms with E-state index in [1.165, 1.54) is 0 Å². The Hall–Kier alpha value is -2.36. The SMILES string of the molecule is CCCC(CCC)CNC(=O)c1ccnc(OCc2ccccc2)c1. The van der Waals surface area contributed by atoms with Crippen molar-refractivity contribution in [3.63, 3.8) is 0 Å². The Labute approximate surface area is 150 Å². The van der Waals surface area contributed by atoms with Crippen LogP contribution >= 0.6 is 0 Å². The number of hydrogen-bond donors (Lipinski definition) is 1. The highest BCUT2D eigenvalue weighted by atomic mass is 16.5. The highest BCUT2D eigenvalue weighted by molar-refractivity contribution is 5.94. The normalized spacial score (nSPS) is 10.7. The summed E-state index contributed by atoms with van der Waals surface area (Å²) < 4.78 is 5.69. The average Bonchev–Trinajstić information content (AvgIpc) is 2.65. The third-order valence-corrected chi connectivity index (χ3v) is 4.17. The fourth-order valence-electron chi connectivity index (χ4n) is 2.87. The van der Waals surface area contributed by atoms with Crippen molar-refractivity contribution in [1.82, 2.24) is 10.3 Å². The number of amides is 1. The zero-order valence-electron chi connectivity index (χ0n) is 15.2. The second-order valence-electron chi connectivity index (χ2n) is 6.31. The van der Waals surface area contributed by atoms with Crippen LogP contribution in [0, 0.1) is 5.92 Å². The van der Waals surface area contributed by atoms with E-state index in [0.717, 1.165) is 37.8 Å². The number of carbonyl (C=O) groups excluding carboxylic acids is 1. The molecule has 1 amide bonds. The summed E-state index contributed by atoms with van der Waals surface area (Å²) >= 11 is 0. The molecule has 2 aromatic rings. The monoisotopic (exact) mass is 340 g/mol. The van der Waals surface area contributed by atoms with Crippen LogP contribution in [0.15, 0.2) is 48.7 Å². The molecule has 0 aliphatic carbocycles. The Bertz CT molecular complexity index is 637. The summed E-state index contributed by atoms with van der Waals surface area (Å²) in [6, 6.07) is 13.3. The number of rotatable bonds is 10. The minimum absolute atomic E-state index is 0.0656. The largest absolute Gasteiger partial charge is 0.473 e. The van der Waals surface area contributed by atoms with Crippen LogP contribution in [-0.4, -0.2) is 17.4 Å². The molecule has 0 radical (unpaired) electrons. The maximum absolute atomic E-state index is 12.4. The van der Waals surface area contributed by atoms with E-state index in [-0.39, 0.29) is 5.91 Å². The second kappa shape index (κ2) is 10.5. The summed E-state index contributed by atoms with van der Waals surface area (Å²) in [5.41, 5.74) is 1.66. The van der Waals surface area contributed by atoms with Crippen molar-refractivity contribution in [2.45, 2.75) is 46.1 Å². The van der Waals surface area contributed by atoms with Crippen LogP contribution in [0.2, 0.25) is 0 Å². The summed E-state index contributed by atoms with van der Waals surface area (Å²) in [5.74, 6) is 0.953. The molecular weight excluding hydrogens is 312 g/mol. The molecule has 0 aliphatic rings. The molecule has 4 heteroatoms. The highest BCUT2D eigenvalue weighted by Gasteiger charge is 2.11. The minimum atomic E-state index is -0.0656. The average molecular weight is 340 g/mol. The molecule has 0 spiro atoms. The zero-order chi connectivity index (χ0) is 17.9. The zero-order valence-corrected chi connectivity index (χ0v) is 15.2. The number of nitrogens with one attached hydrogen (secondary N) is 1. The van der Waals surface area contributed by atoms with E-state index in [9.17, 15) is 4.79 Å². The van der Waals surface area contributed by atoms with Gasteiger partial charge in [-0.15, -0.1) is 0 Å². The van der Waals surface area contributed by atoms with Gasteiger partial charge in [0.1, 0.15) is 6.61 Å². The molecule has 1 N–H and O–H groups in total. The van der Waals surface area contributed by atoms with Gasteiger partial charge in [-0.05, 0) is 30.4 Å². The predicted molar refractivity (Wildman–Crippen MR) is 101 cm³/mol. The number of nitrogens with zero attached hydrogens (tertiary/aromatic N) is 1. The number of carbonyl (C=O) groups is 1. The number of ether oxygens (including phenoxy) is 1.